The molecule has 0 fully saturated rings. The third-order valence-corrected chi connectivity index (χ3v) is 3.11. The maximum Gasteiger partial charge on any atom is 0.119 e. The quantitative estimate of drug-likeness (QED) is 0.638. The first-order chi connectivity index (χ1) is 8.86. The molecule has 0 bridgehead atoms. The summed E-state index contributed by atoms with van der Waals surface area (Å²) in [6.45, 7) is 3.85. The van der Waals surface area contributed by atoms with E-state index in [9.17, 15) is 0 Å². The van der Waals surface area contributed by atoms with E-state index in [4.69, 9.17) is 10.5 Å². The van der Waals surface area contributed by atoms with Gasteiger partial charge < -0.3 is 10.5 Å². The third-order valence-electron chi connectivity index (χ3n) is 3.11. The molecule has 0 atom stereocenters. The highest BCUT2D eigenvalue weighted by atomic mass is 16.5. The zero-order valence-electron chi connectivity index (χ0n) is 11.7. The topological polar surface area (TPSA) is 35.2 Å². The van der Waals surface area contributed by atoms with Gasteiger partial charge in [0.1, 0.15) is 5.75 Å². The van der Waals surface area contributed by atoms with Crippen LogP contribution in [0.4, 0.5) is 0 Å². The van der Waals surface area contributed by atoms with E-state index in [-0.39, 0.29) is 0 Å². The van der Waals surface area contributed by atoms with Crippen LogP contribution in [0.2, 0.25) is 0 Å². The molecule has 1 aromatic carbocycles. The molecule has 0 aliphatic rings. The summed E-state index contributed by atoms with van der Waals surface area (Å²) in [5, 5.41) is 0. The Balaban J connectivity index is 2.14. The number of unbranched alkanes of at least 4 members (excludes halogenated alkanes) is 4. The van der Waals surface area contributed by atoms with Crippen molar-refractivity contribution in [3.63, 3.8) is 0 Å². The summed E-state index contributed by atoms with van der Waals surface area (Å²) in [6.07, 6.45) is 8.38. The molecule has 1 aromatic rings. The zero-order chi connectivity index (χ0) is 13.1. The standard InChI is InChI=1S/C16H27NO/c1-2-3-8-15-9-11-16(12-10-15)18-14-7-5-4-6-13-17/h9-12H,2-8,13-14,17H2,1H3. The van der Waals surface area contributed by atoms with Gasteiger partial charge in [0.15, 0.2) is 0 Å². The van der Waals surface area contributed by atoms with Crippen molar-refractivity contribution < 1.29 is 4.74 Å². The Hall–Kier alpha value is -1.02. The fourth-order valence-corrected chi connectivity index (χ4v) is 1.92. The highest BCUT2D eigenvalue weighted by molar-refractivity contribution is 5.27. The second-order valence-corrected chi connectivity index (χ2v) is 4.80. The van der Waals surface area contributed by atoms with Gasteiger partial charge in [-0.1, -0.05) is 38.3 Å². The average molecular weight is 249 g/mol. The van der Waals surface area contributed by atoms with Gasteiger partial charge in [-0.05, 0) is 49.9 Å². The lowest BCUT2D eigenvalue weighted by atomic mass is 10.1. The molecule has 0 spiro atoms. The van der Waals surface area contributed by atoms with Crippen molar-refractivity contribution in [2.75, 3.05) is 13.2 Å². The van der Waals surface area contributed by atoms with E-state index in [0.29, 0.717) is 0 Å². The Morgan fingerprint density at radius 3 is 2.33 bits per heavy atom. The van der Waals surface area contributed by atoms with E-state index in [1.807, 2.05) is 0 Å². The summed E-state index contributed by atoms with van der Waals surface area (Å²) >= 11 is 0. The van der Waals surface area contributed by atoms with Crippen molar-refractivity contribution in [2.24, 2.45) is 5.73 Å². The lowest BCUT2D eigenvalue weighted by Gasteiger charge is -2.07. The van der Waals surface area contributed by atoms with Crippen molar-refractivity contribution in [3.05, 3.63) is 29.8 Å². The number of hydrogen-bond donors (Lipinski definition) is 1. The lowest BCUT2D eigenvalue weighted by molar-refractivity contribution is 0.304. The fourth-order valence-electron chi connectivity index (χ4n) is 1.92. The van der Waals surface area contributed by atoms with Crippen LogP contribution >= 0.6 is 0 Å². The van der Waals surface area contributed by atoms with Crippen LogP contribution in [0, 0.1) is 0 Å². The molecule has 0 aromatic heterocycles. The molecule has 18 heavy (non-hydrogen) atoms. The largest absolute Gasteiger partial charge is 0.494 e. The molecule has 0 saturated heterocycles. The second kappa shape index (κ2) is 9.95. The Kier molecular flexibility index (Phi) is 8.32. The predicted molar refractivity (Wildman–Crippen MR) is 78.1 cm³/mol. The maximum atomic E-state index is 5.71. The average Bonchev–Trinajstić information content (AvgIpc) is 2.42. The Morgan fingerprint density at radius 2 is 1.67 bits per heavy atom. The van der Waals surface area contributed by atoms with Crippen LogP contribution in [0.1, 0.15) is 51.0 Å². The monoisotopic (exact) mass is 249 g/mol. The van der Waals surface area contributed by atoms with Gasteiger partial charge >= 0.3 is 0 Å². The minimum absolute atomic E-state index is 0.806. The van der Waals surface area contributed by atoms with Crippen LogP contribution in [0.3, 0.4) is 0 Å². The fraction of sp³-hybridized carbons (Fsp3) is 0.625. The lowest BCUT2D eigenvalue weighted by Crippen LogP contribution is -2.00. The summed E-state index contributed by atoms with van der Waals surface area (Å²) < 4.78 is 5.71. The first kappa shape index (κ1) is 15.0. The number of ether oxygens (including phenoxy) is 1. The molecule has 102 valence electrons. The summed E-state index contributed by atoms with van der Waals surface area (Å²) in [7, 11) is 0. The summed E-state index contributed by atoms with van der Waals surface area (Å²) in [6, 6.07) is 8.54. The van der Waals surface area contributed by atoms with Gasteiger partial charge in [0, 0.05) is 0 Å². The normalized spacial score (nSPS) is 10.6. The molecular weight excluding hydrogens is 222 g/mol. The second-order valence-electron chi connectivity index (χ2n) is 4.80. The highest BCUT2D eigenvalue weighted by Crippen LogP contribution is 2.14. The molecule has 0 radical (unpaired) electrons. The molecule has 0 heterocycles. The summed E-state index contributed by atoms with van der Waals surface area (Å²) in [5.41, 5.74) is 6.86. The molecule has 1 rings (SSSR count). The van der Waals surface area contributed by atoms with Crippen molar-refractivity contribution in [2.45, 2.75) is 51.9 Å². The van der Waals surface area contributed by atoms with E-state index in [2.05, 4.69) is 31.2 Å². The van der Waals surface area contributed by atoms with E-state index < -0.39 is 0 Å². The molecular formula is C16H27NO. The van der Waals surface area contributed by atoms with Crippen molar-refractivity contribution in [1.82, 2.24) is 0 Å². The number of hydrogen-bond acceptors (Lipinski definition) is 2. The molecule has 2 N–H and O–H groups in total. The first-order valence-corrected chi connectivity index (χ1v) is 7.28. The van der Waals surface area contributed by atoms with Crippen LogP contribution in [-0.4, -0.2) is 13.2 Å². The van der Waals surface area contributed by atoms with Crippen molar-refractivity contribution in [1.29, 1.82) is 0 Å². The van der Waals surface area contributed by atoms with Crippen LogP contribution < -0.4 is 10.5 Å². The molecule has 2 nitrogen and oxygen atoms in total. The van der Waals surface area contributed by atoms with Gasteiger partial charge in [0.05, 0.1) is 6.61 Å². The SMILES string of the molecule is CCCCc1ccc(OCCCCCCN)cc1. The van der Waals surface area contributed by atoms with Gasteiger partial charge in [-0.2, -0.15) is 0 Å². The van der Waals surface area contributed by atoms with Crippen molar-refractivity contribution in [3.8, 4) is 5.75 Å². The van der Waals surface area contributed by atoms with Crippen LogP contribution in [0.5, 0.6) is 5.75 Å². The number of aryl methyl sites for hydroxylation is 1. The van der Waals surface area contributed by atoms with E-state index in [0.717, 1.165) is 31.7 Å². The minimum Gasteiger partial charge on any atom is -0.494 e. The Labute approximate surface area is 112 Å². The van der Waals surface area contributed by atoms with Gasteiger partial charge in [-0.25, -0.2) is 0 Å². The van der Waals surface area contributed by atoms with Gasteiger partial charge in [0.2, 0.25) is 0 Å². The zero-order valence-corrected chi connectivity index (χ0v) is 11.7. The summed E-state index contributed by atoms with van der Waals surface area (Å²) in [5.74, 6) is 0.995. The smallest absolute Gasteiger partial charge is 0.119 e. The van der Waals surface area contributed by atoms with Crippen LogP contribution in [-0.2, 0) is 6.42 Å². The van der Waals surface area contributed by atoms with Gasteiger partial charge in [-0.15, -0.1) is 0 Å². The molecule has 0 unspecified atom stereocenters. The molecule has 0 amide bonds. The number of nitrogens with two attached hydrogens (primary N) is 1. The Bertz CT molecular complexity index is 294. The van der Waals surface area contributed by atoms with E-state index in [1.54, 1.807) is 0 Å². The van der Waals surface area contributed by atoms with Crippen LogP contribution in [0.25, 0.3) is 0 Å². The van der Waals surface area contributed by atoms with E-state index >= 15 is 0 Å². The Morgan fingerprint density at radius 1 is 0.944 bits per heavy atom. The summed E-state index contributed by atoms with van der Waals surface area (Å²) in [4.78, 5) is 0. The van der Waals surface area contributed by atoms with E-state index in [1.165, 1.54) is 37.7 Å². The van der Waals surface area contributed by atoms with Gasteiger partial charge in [0.25, 0.3) is 0 Å². The van der Waals surface area contributed by atoms with Crippen LogP contribution in [0.15, 0.2) is 24.3 Å². The molecule has 0 aliphatic heterocycles. The third kappa shape index (κ3) is 6.65. The molecule has 0 saturated carbocycles. The number of benzene rings is 1. The van der Waals surface area contributed by atoms with Crippen molar-refractivity contribution >= 4 is 0 Å². The number of rotatable bonds is 10. The maximum absolute atomic E-state index is 5.71. The minimum atomic E-state index is 0.806. The molecule has 2 heteroatoms. The van der Waals surface area contributed by atoms with Gasteiger partial charge in [-0.3, -0.25) is 0 Å². The first-order valence-electron chi connectivity index (χ1n) is 7.28. The highest BCUT2D eigenvalue weighted by Gasteiger charge is 1.96. The molecule has 0 aliphatic carbocycles. The predicted octanol–water partition coefficient (Wildman–Crippen LogP) is 3.93.